The average molecular weight is 347 g/mol. The van der Waals surface area contributed by atoms with Crippen LogP contribution in [0.25, 0.3) is 0 Å². The summed E-state index contributed by atoms with van der Waals surface area (Å²) in [6, 6.07) is 7.10. The fourth-order valence-corrected chi connectivity index (χ4v) is 4.35. The van der Waals surface area contributed by atoms with E-state index in [0.29, 0.717) is 11.4 Å². The Morgan fingerprint density at radius 1 is 1.26 bits per heavy atom. The van der Waals surface area contributed by atoms with Crippen LogP contribution in [0.5, 0.6) is 0 Å². The topological polar surface area (TPSA) is 40.6 Å². The molecule has 1 fully saturated rings. The summed E-state index contributed by atoms with van der Waals surface area (Å²) in [4.78, 5) is 2.54. The number of benzene rings is 1. The molecule has 19 heavy (non-hydrogen) atoms. The van der Waals surface area contributed by atoms with E-state index < -0.39 is 10.0 Å². The van der Waals surface area contributed by atoms with Crippen LogP contribution in [0, 0.1) is 0 Å². The molecule has 0 spiro atoms. The summed E-state index contributed by atoms with van der Waals surface area (Å²) in [6.45, 7) is 4.07. The molecule has 4 nitrogen and oxygen atoms in total. The molecular weight excluding hydrogens is 328 g/mol. The molecule has 1 saturated heterocycles. The van der Waals surface area contributed by atoms with Gasteiger partial charge < -0.3 is 4.90 Å². The Labute approximate surface area is 123 Å². The number of alkyl halides is 1. The third kappa shape index (κ3) is 3.18. The Balaban J connectivity index is 2.26. The lowest BCUT2D eigenvalue weighted by Crippen LogP contribution is -2.52. The molecule has 1 heterocycles. The first-order valence-electron chi connectivity index (χ1n) is 6.30. The first-order valence-corrected chi connectivity index (χ1v) is 8.86. The molecule has 0 amide bonds. The zero-order valence-corrected chi connectivity index (χ0v) is 13.6. The monoisotopic (exact) mass is 346 g/mol. The molecule has 0 aromatic heterocycles. The molecule has 2 rings (SSSR count). The normalized spacial score (nSPS) is 22.6. The van der Waals surface area contributed by atoms with E-state index in [4.69, 9.17) is 0 Å². The maximum atomic E-state index is 12.6. The highest BCUT2D eigenvalue weighted by Gasteiger charge is 2.32. The van der Waals surface area contributed by atoms with Gasteiger partial charge in [0.15, 0.2) is 0 Å². The van der Waals surface area contributed by atoms with Crippen LogP contribution < -0.4 is 0 Å². The molecule has 1 atom stereocenters. The van der Waals surface area contributed by atoms with Gasteiger partial charge in [-0.2, -0.15) is 4.31 Å². The molecule has 0 N–H and O–H groups in total. The van der Waals surface area contributed by atoms with Crippen LogP contribution in [0.4, 0.5) is 0 Å². The van der Waals surface area contributed by atoms with Gasteiger partial charge in [-0.05, 0) is 31.7 Å². The lowest BCUT2D eigenvalue weighted by Gasteiger charge is -2.37. The largest absolute Gasteiger partial charge is 0.303 e. The van der Waals surface area contributed by atoms with E-state index >= 15 is 0 Å². The van der Waals surface area contributed by atoms with Gasteiger partial charge in [0, 0.05) is 31.0 Å². The van der Waals surface area contributed by atoms with Crippen LogP contribution in [0.1, 0.15) is 12.5 Å². The van der Waals surface area contributed by atoms with E-state index in [1.54, 1.807) is 16.4 Å². The number of likely N-dealkylation sites (N-methyl/N-ethyl adjacent to an activating group) is 1. The summed E-state index contributed by atoms with van der Waals surface area (Å²) in [7, 11) is -1.35. The van der Waals surface area contributed by atoms with Gasteiger partial charge in [-0.15, -0.1) is 0 Å². The molecule has 106 valence electrons. The summed E-state index contributed by atoms with van der Waals surface area (Å²) in [6.07, 6.45) is 0. The first-order chi connectivity index (χ1) is 8.95. The van der Waals surface area contributed by atoms with Gasteiger partial charge >= 0.3 is 0 Å². The minimum absolute atomic E-state index is 0.0135. The molecule has 1 unspecified atom stereocenters. The minimum atomic E-state index is -3.37. The number of rotatable bonds is 3. The van der Waals surface area contributed by atoms with E-state index in [0.717, 1.165) is 24.0 Å². The van der Waals surface area contributed by atoms with Crippen molar-refractivity contribution >= 4 is 26.0 Å². The molecular formula is C13H19BrN2O2S. The van der Waals surface area contributed by atoms with Crippen LogP contribution in [0.15, 0.2) is 29.2 Å². The molecule has 1 aromatic carbocycles. The van der Waals surface area contributed by atoms with Gasteiger partial charge in [0.25, 0.3) is 0 Å². The fraction of sp³-hybridized carbons (Fsp3) is 0.538. The van der Waals surface area contributed by atoms with Gasteiger partial charge in [-0.25, -0.2) is 8.42 Å². The van der Waals surface area contributed by atoms with Crippen LogP contribution in [0.3, 0.4) is 0 Å². The van der Waals surface area contributed by atoms with Crippen molar-refractivity contribution in [2.75, 3.05) is 26.7 Å². The van der Waals surface area contributed by atoms with E-state index in [2.05, 4.69) is 20.8 Å². The zero-order valence-electron chi connectivity index (χ0n) is 11.2. The van der Waals surface area contributed by atoms with Gasteiger partial charge in [-0.3, -0.25) is 0 Å². The molecule has 1 aromatic rings. The van der Waals surface area contributed by atoms with Gasteiger partial charge in [0.1, 0.15) is 0 Å². The van der Waals surface area contributed by atoms with Crippen molar-refractivity contribution in [3.8, 4) is 0 Å². The van der Waals surface area contributed by atoms with Crippen molar-refractivity contribution in [1.29, 1.82) is 0 Å². The lowest BCUT2D eigenvalue weighted by molar-refractivity contribution is 0.170. The van der Waals surface area contributed by atoms with Gasteiger partial charge in [0.05, 0.1) is 4.90 Å². The third-order valence-corrected chi connectivity index (χ3v) is 6.13. The number of halogens is 1. The fourth-order valence-electron chi connectivity index (χ4n) is 2.37. The number of hydrogen-bond acceptors (Lipinski definition) is 3. The smallest absolute Gasteiger partial charge is 0.243 e. The van der Waals surface area contributed by atoms with Crippen LogP contribution in [-0.4, -0.2) is 50.3 Å². The third-order valence-electron chi connectivity index (χ3n) is 3.45. The summed E-state index contributed by atoms with van der Waals surface area (Å²) in [5, 5.41) is 0.734. The standard InChI is InChI=1S/C13H19BrN2O2S/c1-11-10-15(2)7-8-16(11)19(17,18)13-5-3-12(9-14)4-6-13/h3-6,11H,7-10H2,1-2H3. The Kier molecular flexibility index (Phi) is 4.66. The molecule has 1 aliphatic heterocycles. The van der Waals surface area contributed by atoms with Crippen molar-refractivity contribution in [2.45, 2.75) is 23.2 Å². The average Bonchev–Trinajstić information content (AvgIpc) is 2.38. The second-order valence-electron chi connectivity index (χ2n) is 5.00. The molecule has 0 radical (unpaired) electrons. The highest BCUT2D eigenvalue weighted by Crippen LogP contribution is 2.21. The Morgan fingerprint density at radius 3 is 2.42 bits per heavy atom. The number of sulfonamides is 1. The number of nitrogens with zero attached hydrogens (tertiary/aromatic N) is 2. The van der Waals surface area contributed by atoms with E-state index in [1.807, 2.05) is 26.1 Å². The highest BCUT2D eigenvalue weighted by molar-refractivity contribution is 9.08. The van der Waals surface area contributed by atoms with E-state index in [-0.39, 0.29) is 6.04 Å². The Morgan fingerprint density at radius 2 is 1.89 bits per heavy atom. The SMILES string of the molecule is CC1CN(C)CCN1S(=O)(=O)c1ccc(CBr)cc1. The summed E-state index contributed by atoms with van der Waals surface area (Å²) < 4.78 is 26.8. The van der Waals surface area contributed by atoms with Gasteiger partial charge in [-0.1, -0.05) is 28.1 Å². The summed E-state index contributed by atoms with van der Waals surface area (Å²) >= 11 is 3.36. The first kappa shape index (κ1) is 15.0. The molecule has 1 aliphatic rings. The lowest BCUT2D eigenvalue weighted by atomic mass is 10.2. The van der Waals surface area contributed by atoms with E-state index in [9.17, 15) is 8.42 Å². The van der Waals surface area contributed by atoms with Crippen LogP contribution >= 0.6 is 15.9 Å². The predicted molar refractivity (Wildman–Crippen MR) is 79.9 cm³/mol. The summed E-state index contributed by atoms with van der Waals surface area (Å²) in [5.74, 6) is 0. The van der Waals surface area contributed by atoms with Crippen molar-refractivity contribution in [3.63, 3.8) is 0 Å². The highest BCUT2D eigenvalue weighted by atomic mass is 79.9. The number of hydrogen-bond donors (Lipinski definition) is 0. The molecule has 0 saturated carbocycles. The number of piperazine rings is 1. The predicted octanol–water partition coefficient (Wildman–Crippen LogP) is 1.91. The maximum Gasteiger partial charge on any atom is 0.243 e. The van der Waals surface area contributed by atoms with Crippen LogP contribution in [0.2, 0.25) is 0 Å². The molecule has 6 heteroatoms. The zero-order chi connectivity index (χ0) is 14.0. The van der Waals surface area contributed by atoms with E-state index in [1.165, 1.54) is 0 Å². The Hall–Kier alpha value is -0.430. The summed E-state index contributed by atoms with van der Waals surface area (Å²) in [5.41, 5.74) is 1.07. The quantitative estimate of drug-likeness (QED) is 0.785. The Bertz CT molecular complexity index is 530. The maximum absolute atomic E-state index is 12.6. The minimum Gasteiger partial charge on any atom is -0.303 e. The second kappa shape index (κ2) is 5.91. The van der Waals surface area contributed by atoms with Crippen LogP contribution in [-0.2, 0) is 15.4 Å². The van der Waals surface area contributed by atoms with Gasteiger partial charge in [0.2, 0.25) is 10.0 Å². The van der Waals surface area contributed by atoms with Crippen molar-refractivity contribution in [2.24, 2.45) is 0 Å². The van der Waals surface area contributed by atoms with Crippen molar-refractivity contribution < 1.29 is 8.42 Å². The molecule has 0 aliphatic carbocycles. The van der Waals surface area contributed by atoms with Crippen molar-refractivity contribution in [1.82, 2.24) is 9.21 Å². The molecule has 0 bridgehead atoms. The van der Waals surface area contributed by atoms with Crippen molar-refractivity contribution in [3.05, 3.63) is 29.8 Å². The second-order valence-corrected chi connectivity index (χ2v) is 7.46.